The van der Waals surface area contributed by atoms with Crippen molar-refractivity contribution in [1.82, 2.24) is 20.5 Å². The number of aromatic nitrogens is 3. The maximum absolute atomic E-state index is 6.22. The van der Waals surface area contributed by atoms with Gasteiger partial charge in [0.15, 0.2) is 5.82 Å². The minimum Gasteiger partial charge on any atom is -0.338 e. The molecule has 4 rings (SSSR count). The number of H-pyrrole nitrogens is 1. The van der Waals surface area contributed by atoms with Crippen molar-refractivity contribution < 1.29 is 0 Å². The van der Waals surface area contributed by atoms with E-state index in [1.54, 1.807) is 0 Å². The Labute approximate surface area is 128 Å². The predicted octanol–water partition coefficient (Wildman–Crippen LogP) is 2.31. The van der Waals surface area contributed by atoms with E-state index >= 15 is 0 Å². The van der Waals surface area contributed by atoms with E-state index in [0.29, 0.717) is 11.1 Å². The first-order valence-corrected chi connectivity index (χ1v) is 7.85. The smallest absolute Gasteiger partial charge is 0.245 e. The Morgan fingerprint density at radius 3 is 3.00 bits per heavy atom. The van der Waals surface area contributed by atoms with Gasteiger partial charge in [-0.05, 0) is 37.4 Å². The van der Waals surface area contributed by atoms with E-state index < -0.39 is 0 Å². The number of hydrogen-bond donors (Lipinski definition) is 2. The Morgan fingerprint density at radius 1 is 1.24 bits per heavy atom. The van der Waals surface area contributed by atoms with Crippen molar-refractivity contribution >= 4 is 17.5 Å². The van der Waals surface area contributed by atoms with Crippen LogP contribution in [0.4, 0.5) is 5.95 Å². The molecule has 2 N–H and O–H groups in total. The number of fused-ring (bicyclic) bond motifs is 1. The van der Waals surface area contributed by atoms with E-state index in [2.05, 4.69) is 25.4 Å². The largest absolute Gasteiger partial charge is 0.338 e. The zero-order valence-corrected chi connectivity index (χ0v) is 12.5. The van der Waals surface area contributed by atoms with E-state index in [1.165, 1.54) is 12.8 Å². The van der Waals surface area contributed by atoms with Gasteiger partial charge in [-0.1, -0.05) is 23.7 Å². The minimum atomic E-state index is 0.584. The first-order valence-electron chi connectivity index (χ1n) is 7.47. The molecule has 2 aromatic rings. The van der Waals surface area contributed by atoms with Gasteiger partial charge in [0.2, 0.25) is 5.95 Å². The number of piperidine rings is 1. The first-order chi connectivity index (χ1) is 10.3. The van der Waals surface area contributed by atoms with Crippen molar-refractivity contribution in [3.05, 3.63) is 29.3 Å². The molecule has 2 aliphatic rings. The van der Waals surface area contributed by atoms with Crippen LogP contribution in [0.5, 0.6) is 0 Å². The highest BCUT2D eigenvalue weighted by Crippen LogP contribution is 2.29. The highest BCUT2D eigenvalue weighted by molar-refractivity contribution is 6.33. The average molecular weight is 304 g/mol. The molecule has 6 heteroatoms. The topological polar surface area (TPSA) is 56.8 Å². The van der Waals surface area contributed by atoms with Crippen molar-refractivity contribution in [2.75, 3.05) is 24.5 Å². The molecule has 1 aromatic carbocycles. The third kappa shape index (κ3) is 2.40. The maximum Gasteiger partial charge on any atom is 0.245 e. The van der Waals surface area contributed by atoms with Crippen LogP contribution < -0.4 is 10.2 Å². The molecule has 3 heterocycles. The van der Waals surface area contributed by atoms with E-state index in [1.807, 2.05) is 24.3 Å². The number of benzene rings is 1. The molecule has 0 spiro atoms. The summed E-state index contributed by atoms with van der Waals surface area (Å²) in [6.07, 6.45) is 2.57. The second kappa shape index (κ2) is 5.31. The van der Waals surface area contributed by atoms with Crippen LogP contribution >= 0.6 is 11.6 Å². The molecule has 2 saturated heterocycles. The van der Waals surface area contributed by atoms with Gasteiger partial charge >= 0.3 is 0 Å². The van der Waals surface area contributed by atoms with Gasteiger partial charge in [-0.2, -0.15) is 4.98 Å². The number of hydrogen-bond acceptors (Lipinski definition) is 4. The lowest BCUT2D eigenvalue weighted by Crippen LogP contribution is -2.40. The lowest BCUT2D eigenvalue weighted by molar-refractivity contribution is 0.340. The van der Waals surface area contributed by atoms with Gasteiger partial charge in [0.05, 0.1) is 5.02 Å². The van der Waals surface area contributed by atoms with E-state index in [9.17, 15) is 0 Å². The second-order valence-corrected chi connectivity index (χ2v) is 6.24. The van der Waals surface area contributed by atoms with Crippen molar-refractivity contribution in [1.29, 1.82) is 0 Å². The average Bonchev–Trinajstić information content (AvgIpc) is 3.14. The monoisotopic (exact) mass is 303 g/mol. The highest BCUT2D eigenvalue weighted by Gasteiger charge is 2.35. The quantitative estimate of drug-likeness (QED) is 0.894. The van der Waals surface area contributed by atoms with Crippen LogP contribution in [0.15, 0.2) is 24.3 Å². The molecule has 110 valence electrons. The molecule has 2 unspecified atom stereocenters. The Morgan fingerprint density at radius 2 is 2.14 bits per heavy atom. The van der Waals surface area contributed by atoms with Crippen LogP contribution in [0.25, 0.3) is 11.4 Å². The van der Waals surface area contributed by atoms with Crippen molar-refractivity contribution in [2.24, 2.45) is 5.92 Å². The Balaban J connectivity index is 1.56. The fraction of sp³-hybridized carbons (Fsp3) is 0.467. The molecule has 2 fully saturated rings. The molecule has 0 saturated carbocycles. The number of anilines is 1. The molecule has 0 bridgehead atoms. The lowest BCUT2D eigenvalue weighted by Gasteiger charge is -2.24. The van der Waals surface area contributed by atoms with Gasteiger partial charge in [-0.25, -0.2) is 0 Å². The van der Waals surface area contributed by atoms with Gasteiger partial charge in [0, 0.05) is 24.7 Å². The fourth-order valence-electron chi connectivity index (χ4n) is 3.38. The van der Waals surface area contributed by atoms with Gasteiger partial charge in [-0.3, -0.25) is 5.10 Å². The summed E-state index contributed by atoms with van der Waals surface area (Å²) in [6, 6.07) is 8.28. The van der Waals surface area contributed by atoms with Crippen molar-refractivity contribution in [3.8, 4) is 11.4 Å². The van der Waals surface area contributed by atoms with Gasteiger partial charge in [-0.15, -0.1) is 5.10 Å². The third-order valence-corrected chi connectivity index (χ3v) is 4.81. The Bertz CT molecular complexity index is 626. The predicted molar refractivity (Wildman–Crippen MR) is 83.6 cm³/mol. The highest BCUT2D eigenvalue weighted by atomic mass is 35.5. The van der Waals surface area contributed by atoms with Gasteiger partial charge in [0.1, 0.15) is 0 Å². The summed E-state index contributed by atoms with van der Waals surface area (Å²) in [7, 11) is 0. The molecular weight excluding hydrogens is 286 g/mol. The SMILES string of the molecule is Clc1ccccc1-c1nc(N2CC3CCCNC3C2)n[nH]1. The minimum absolute atomic E-state index is 0.584. The molecule has 5 nitrogen and oxygen atoms in total. The molecule has 1 aromatic heterocycles. The number of nitrogens with one attached hydrogen (secondary N) is 2. The molecule has 2 atom stereocenters. The number of aromatic amines is 1. The van der Waals surface area contributed by atoms with E-state index in [0.717, 1.165) is 42.9 Å². The van der Waals surface area contributed by atoms with Crippen LogP contribution in [0, 0.1) is 5.92 Å². The second-order valence-electron chi connectivity index (χ2n) is 5.83. The van der Waals surface area contributed by atoms with Gasteiger partial charge < -0.3 is 10.2 Å². The van der Waals surface area contributed by atoms with Crippen LogP contribution in [0.2, 0.25) is 5.02 Å². The third-order valence-electron chi connectivity index (χ3n) is 4.48. The van der Waals surface area contributed by atoms with Crippen LogP contribution in [-0.2, 0) is 0 Å². The molecule has 0 aliphatic carbocycles. The maximum atomic E-state index is 6.22. The zero-order valence-electron chi connectivity index (χ0n) is 11.7. The standard InChI is InChI=1S/C15H18ClN5/c16-12-6-2-1-5-11(12)14-18-15(20-19-14)21-8-10-4-3-7-17-13(10)9-21/h1-2,5-6,10,13,17H,3-4,7-9H2,(H,18,19,20). The van der Waals surface area contributed by atoms with Crippen LogP contribution in [-0.4, -0.2) is 40.9 Å². The summed E-state index contributed by atoms with van der Waals surface area (Å²) < 4.78 is 0. The van der Waals surface area contributed by atoms with Crippen molar-refractivity contribution in [3.63, 3.8) is 0 Å². The van der Waals surface area contributed by atoms with Crippen LogP contribution in [0.3, 0.4) is 0 Å². The number of halogens is 1. The summed E-state index contributed by atoms with van der Waals surface area (Å²) in [4.78, 5) is 6.90. The lowest BCUT2D eigenvalue weighted by atomic mass is 9.94. The van der Waals surface area contributed by atoms with E-state index in [4.69, 9.17) is 11.6 Å². The number of rotatable bonds is 2. The zero-order chi connectivity index (χ0) is 14.2. The number of nitrogens with zero attached hydrogens (tertiary/aromatic N) is 3. The molecule has 0 amide bonds. The molecule has 21 heavy (non-hydrogen) atoms. The summed E-state index contributed by atoms with van der Waals surface area (Å²) in [6.45, 7) is 3.16. The fourth-order valence-corrected chi connectivity index (χ4v) is 3.60. The molecule has 2 aliphatic heterocycles. The summed E-state index contributed by atoms with van der Waals surface area (Å²) in [5, 5.41) is 11.7. The van der Waals surface area contributed by atoms with Crippen LogP contribution in [0.1, 0.15) is 12.8 Å². The summed E-state index contributed by atoms with van der Waals surface area (Å²) in [5.41, 5.74) is 0.896. The Hall–Kier alpha value is -1.59. The molecular formula is C15H18ClN5. The van der Waals surface area contributed by atoms with Gasteiger partial charge in [0.25, 0.3) is 0 Å². The normalized spacial score (nSPS) is 25.1. The first kappa shape index (κ1) is 13.1. The van der Waals surface area contributed by atoms with E-state index in [-0.39, 0.29) is 0 Å². The summed E-state index contributed by atoms with van der Waals surface area (Å²) in [5.74, 6) is 2.24. The Kier molecular flexibility index (Phi) is 3.31. The molecule has 0 radical (unpaired) electrons. The van der Waals surface area contributed by atoms with Crippen molar-refractivity contribution in [2.45, 2.75) is 18.9 Å². The summed E-state index contributed by atoms with van der Waals surface area (Å²) >= 11 is 6.22.